The lowest BCUT2D eigenvalue weighted by molar-refractivity contribution is -0.384. The third-order valence-corrected chi connectivity index (χ3v) is 3.92. The van der Waals surface area contributed by atoms with Gasteiger partial charge in [-0.25, -0.2) is 0 Å². The molecule has 0 aliphatic rings. The molecule has 0 aliphatic heterocycles. The Balaban J connectivity index is 3.16. The molecule has 0 aromatic heterocycles. The van der Waals surface area contributed by atoms with Crippen LogP contribution >= 0.6 is 0 Å². The lowest BCUT2D eigenvalue weighted by Gasteiger charge is -2.27. The molecule has 7 heteroatoms. The molecule has 0 radical (unpaired) electrons. The Bertz CT molecular complexity index is 633. The molecule has 0 unspecified atom stereocenters. The molecule has 0 saturated carbocycles. The van der Waals surface area contributed by atoms with Crippen molar-refractivity contribution >= 4 is 17.3 Å². The van der Waals surface area contributed by atoms with Crippen molar-refractivity contribution in [1.82, 2.24) is 5.32 Å². The zero-order valence-electron chi connectivity index (χ0n) is 14.2. The Hall–Kier alpha value is -2.59. The van der Waals surface area contributed by atoms with E-state index in [-0.39, 0.29) is 11.3 Å². The summed E-state index contributed by atoms with van der Waals surface area (Å²) in [5, 5.41) is 16.9. The van der Waals surface area contributed by atoms with Gasteiger partial charge in [0.1, 0.15) is 5.54 Å². The Kier molecular flexibility index (Phi) is 7.21. The van der Waals surface area contributed by atoms with E-state index in [4.69, 9.17) is 11.2 Å². The Labute approximate surface area is 141 Å². The fraction of sp³-hybridized carbons (Fsp3) is 0.471. The number of hydrogen-bond acceptors (Lipinski definition) is 5. The summed E-state index contributed by atoms with van der Waals surface area (Å²) in [4.78, 5) is 23.1. The summed E-state index contributed by atoms with van der Waals surface area (Å²) in [7, 11) is 1.56. The maximum absolute atomic E-state index is 12.7. The average Bonchev–Trinajstić information content (AvgIpc) is 2.60. The van der Waals surface area contributed by atoms with Crippen molar-refractivity contribution in [1.29, 1.82) is 0 Å². The highest BCUT2D eigenvalue weighted by Gasteiger charge is 2.27. The van der Waals surface area contributed by atoms with E-state index < -0.39 is 16.4 Å². The Morgan fingerprint density at radius 1 is 1.42 bits per heavy atom. The second-order valence-electron chi connectivity index (χ2n) is 5.29. The van der Waals surface area contributed by atoms with Gasteiger partial charge in [-0.05, 0) is 18.9 Å². The lowest BCUT2D eigenvalue weighted by atomic mass is 9.93. The van der Waals surface area contributed by atoms with Crippen molar-refractivity contribution < 1.29 is 14.5 Å². The molecule has 0 saturated heterocycles. The monoisotopic (exact) mass is 333 g/mol. The van der Waals surface area contributed by atoms with Gasteiger partial charge in [0.25, 0.3) is 11.6 Å². The number of hydrogen-bond donors (Lipinski definition) is 2. The number of benzene rings is 1. The predicted molar refractivity (Wildman–Crippen MR) is 93.1 cm³/mol. The van der Waals surface area contributed by atoms with Crippen LogP contribution in [0.3, 0.4) is 0 Å². The molecule has 7 nitrogen and oxygen atoms in total. The van der Waals surface area contributed by atoms with Crippen molar-refractivity contribution in [3.05, 3.63) is 33.9 Å². The molecule has 1 rings (SSSR count). The number of carbonyl (C=O) groups is 1. The molecule has 0 atom stereocenters. The summed E-state index contributed by atoms with van der Waals surface area (Å²) in [5.41, 5.74) is -0.252. The van der Waals surface area contributed by atoms with Gasteiger partial charge in [0.15, 0.2) is 0 Å². The standard InChI is InChI=1S/C17H23N3O4/c1-5-17(6-2,7-3)19-16(21)14-12-13(20(22)23)8-9-15(14)18-10-11-24-4/h1,8-9,12,18H,6-7,10-11H2,2-4H3,(H,19,21). The number of nitro benzene ring substituents is 1. The summed E-state index contributed by atoms with van der Waals surface area (Å²) >= 11 is 0. The van der Waals surface area contributed by atoms with Crippen molar-refractivity contribution in [2.75, 3.05) is 25.6 Å². The van der Waals surface area contributed by atoms with E-state index in [2.05, 4.69) is 16.6 Å². The minimum atomic E-state index is -0.772. The number of ether oxygens (including phenoxy) is 1. The van der Waals surface area contributed by atoms with Crippen molar-refractivity contribution in [2.24, 2.45) is 0 Å². The highest BCUT2D eigenvalue weighted by molar-refractivity contribution is 6.01. The molecule has 1 aromatic rings. The van der Waals surface area contributed by atoms with E-state index in [1.165, 1.54) is 18.2 Å². The van der Waals surface area contributed by atoms with Crippen LogP contribution in [0.15, 0.2) is 18.2 Å². The number of nitrogens with one attached hydrogen (secondary N) is 2. The zero-order chi connectivity index (χ0) is 18.2. The minimum absolute atomic E-state index is 0.156. The number of carbonyl (C=O) groups excluding carboxylic acids is 1. The molecule has 0 aliphatic carbocycles. The first kappa shape index (κ1) is 19.5. The Morgan fingerprint density at radius 2 is 2.08 bits per heavy atom. The fourth-order valence-corrected chi connectivity index (χ4v) is 2.23. The number of methoxy groups -OCH3 is 1. The molecule has 1 amide bonds. The molecule has 1 aromatic carbocycles. The first-order chi connectivity index (χ1) is 11.4. The van der Waals surface area contributed by atoms with Crippen LogP contribution < -0.4 is 10.6 Å². The second-order valence-corrected chi connectivity index (χ2v) is 5.29. The van der Waals surface area contributed by atoms with E-state index in [0.717, 1.165) is 0 Å². The van der Waals surface area contributed by atoms with Crippen molar-refractivity contribution in [2.45, 2.75) is 32.2 Å². The number of nitrogens with zero attached hydrogens (tertiary/aromatic N) is 1. The molecule has 130 valence electrons. The van der Waals surface area contributed by atoms with Crippen LogP contribution in [0.2, 0.25) is 0 Å². The van der Waals surface area contributed by atoms with Crippen molar-refractivity contribution in [3.8, 4) is 12.3 Å². The largest absolute Gasteiger partial charge is 0.383 e. The summed E-state index contributed by atoms with van der Waals surface area (Å²) in [6, 6.07) is 4.11. The fourth-order valence-electron chi connectivity index (χ4n) is 2.23. The van der Waals surface area contributed by atoms with Crippen LogP contribution in [0, 0.1) is 22.5 Å². The highest BCUT2D eigenvalue weighted by Crippen LogP contribution is 2.24. The number of non-ortho nitro benzene ring substituents is 1. The third-order valence-electron chi connectivity index (χ3n) is 3.92. The first-order valence-electron chi connectivity index (χ1n) is 7.74. The van der Waals surface area contributed by atoms with Gasteiger partial charge in [-0.3, -0.25) is 14.9 Å². The van der Waals surface area contributed by atoms with E-state index in [9.17, 15) is 14.9 Å². The van der Waals surface area contributed by atoms with Crippen LogP contribution in [-0.4, -0.2) is 36.6 Å². The quantitative estimate of drug-likeness (QED) is 0.313. The third kappa shape index (κ3) is 4.70. The molecule has 2 N–H and O–H groups in total. The molecule has 0 spiro atoms. The minimum Gasteiger partial charge on any atom is -0.383 e. The number of anilines is 1. The van der Waals surface area contributed by atoms with Gasteiger partial charge in [-0.2, -0.15) is 0 Å². The maximum atomic E-state index is 12.7. The number of nitro groups is 1. The van der Waals surface area contributed by atoms with E-state index >= 15 is 0 Å². The summed E-state index contributed by atoms with van der Waals surface area (Å²) in [6.45, 7) is 4.68. The lowest BCUT2D eigenvalue weighted by Crippen LogP contribution is -2.46. The molecular formula is C17H23N3O4. The van der Waals surface area contributed by atoms with Gasteiger partial charge < -0.3 is 15.4 Å². The zero-order valence-corrected chi connectivity index (χ0v) is 14.2. The van der Waals surface area contributed by atoms with Crippen LogP contribution in [0.1, 0.15) is 37.0 Å². The Morgan fingerprint density at radius 3 is 2.58 bits per heavy atom. The smallest absolute Gasteiger partial charge is 0.270 e. The summed E-state index contributed by atoms with van der Waals surface area (Å²) < 4.78 is 4.96. The SMILES string of the molecule is C#CC(CC)(CC)NC(=O)c1cc([N+](=O)[O-])ccc1NCCOC. The van der Waals surface area contributed by atoms with E-state index in [1.807, 2.05) is 13.8 Å². The predicted octanol–water partition coefficient (Wildman–Crippen LogP) is 2.57. The average molecular weight is 333 g/mol. The van der Waals surface area contributed by atoms with E-state index in [1.54, 1.807) is 7.11 Å². The maximum Gasteiger partial charge on any atom is 0.270 e. The van der Waals surface area contributed by atoms with Gasteiger partial charge in [-0.1, -0.05) is 19.8 Å². The number of rotatable bonds is 9. The van der Waals surface area contributed by atoms with Gasteiger partial charge in [0.2, 0.25) is 0 Å². The number of terminal acetylenes is 1. The molecular weight excluding hydrogens is 310 g/mol. The second kappa shape index (κ2) is 8.89. The summed E-state index contributed by atoms with van der Waals surface area (Å²) in [5.74, 6) is 2.17. The highest BCUT2D eigenvalue weighted by atomic mass is 16.6. The van der Waals surface area contributed by atoms with Crippen molar-refractivity contribution in [3.63, 3.8) is 0 Å². The van der Waals surface area contributed by atoms with Gasteiger partial charge in [-0.15, -0.1) is 6.42 Å². The molecule has 0 bridgehead atoms. The number of amides is 1. The van der Waals surface area contributed by atoms with E-state index in [0.29, 0.717) is 31.7 Å². The van der Waals surface area contributed by atoms with Gasteiger partial charge in [0, 0.05) is 31.5 Å². The van der Waals surface area contributed by atoms with Gasteiger partial charge >= 0.3 is 0 Å². The topological polar surface area (TPSA) is 93.5 Å². The summed E-state index contributed by atoms with van der Waals surface area (Å²) in [6.07, 6.45) is 6.69. The molecule has 0 fully saturated rings. The molecule has 0 heterocycles. The van der Waals surface area contributed by atoms with Crippen LogP contribution in [0.5, 0.6) is 0 Å². The van der Waals surface area contributed by atoms with Crippen LogP contribution in [0.25, 0.3) is 0 Å². The van der Waals surface area contributed by atoms with Gasteiger partial charge in [0.05, 0.1) is 17.1 Å². The molecule has 24 heavy (non-hydrogen) atoms. The van der Waals surface area contributed by atoms with Crippen LogP contribution in [0.4, 0.5) is 11.4 Å². The van der Waals surface area contributed by atoms with Crippen LogP contribution in [-0.2, 0) is 4.74 Å². The normalized spacial score (nSPS) is 10.8. The first-order valence-corrected chi connectivity index (χ1v) is 7.74.